The molecule has 1 N–H and O–H groups in total. The Hall–Kier alpha value is -2.76. The molecule has 3 aromatic rings. The fourth-order valence-electron chi connectivity index (χ4n) is 1.88. The van der Waals surface area contributed by atoms with Gasteiger partial charge in [0.15, 0.2) is 0 Å². The molecule has 0 fully saturated rings. The van der Waals surface area contributed by atoms with Crippen LogP contribution < -0.4 is 0 Å². The minimum Gasteiger partial charge on any atom is -0.478 e. The smallest absolute Gasteiger partial charge is 0.337 e. The molecule has 0 spiro atoms. The van der Waals surface area contributed by atoms with Crippen LogP contribution >= 0.6 is 0 Å². The Morgan fingerprint density at radius 2 is 2.11 bits per heavy atom. The van der Waals surface area contributed by atoms with Crippen LogP contribution in [-0.2, 0) is 0 Å². The first-order chi connectivity index (χ1) is 8.77. The van der Waals surface area contributed by atoms with Gasteiger partial charge in [0.25, 0.3) is 0 Å². The lowest BCUT2D eigenvalue weighted by molar-refractivity contribution is 0.0697. The van der Waals surface area contributed by atoms with E-state index < -0.39 is 5.97 Å². The van der Waals surface area contributed by atoms with Gasteiger partial charge in [0.2, 0.25) is 0 Å². The summed E-state index contributed by atoms with van der Waals surface area (Å²) in [5.41, 5.74) is 2.28. The summed E-state index contributed by atoms with van der Waals surface area (Å²) in [5, 5.41) is 16.9. The maximum atomic E-state index is 11.2. The molecule has 0 aliphatic heterocycles. The van der Waals surface area contributed by atoms with Crippen molar-refractivity contribution < 1.29 is 9.90 Å². The lowest BCUT2D eigenvalue weighted by Crippen LogP contribution is -2.01. The van der Waals surface area contributed by atoms with Crippen molar-refractivity contribution in [2.45, 2.75) is 0 Å². The second-order valence-corrected chi connectivity index (χ2v) is 3.71. The number of carboxylic acid groups (broad SMARTS) is 1. The van der Waals surface area contributed by atoms with Gasteiger partial charge in [-0.15, -0.1) is 5.10 Å². The molecule has 0 saturated heterocycles. The fraction of sp³-hybridized carbons (Fsp3) is 0. The zero-order valence-electron chi connectivity index (χ0n) is 9.19. The molecule has 0 aliphatic carbocycles. The summed E-state index contributed by atoms with van der Waals surface area (Å²) in [6, 6.07) is 5.30. The Kier molecular flexibility index (Phi) is 2.26. The number of pyridine rings is 2. The number of nitrogens with zero attached hydrogens (tertiary/aromatic N) is 4. The highest BCUT2D eigenvalue weighted by atomic mass is 16.4. The van der Waals surface area contributed by atoms with E-state index in [4.69, 9.17) is 0 Å². The van der Waals surface area contributed by atoms with Crippen molar-refractivity contribution in [3.05, 3.63) is 48.5 Å². The number of carboxylic acids is 1. The molecule has 18 heavy (non-hydrogen) atoms. The number of rotatable bonds is 2. The predicted molar refractivity (Wildman–Crippen MR) is 63.2 cm³/mol. The maximum Gasteiger partial charge on any atom is 0.337 e. The Bertz CT molecular complexity index is 736. The molecule has 0 bridgehead atoms. The summed E-state index contributed by atoms with van der Waals surface area (Å²) in [7, 11) is 0. The van der Waals surface area contributed by atoms with E-state index in [2.05, 4.69) is 15.3 Å². The van der Waals surface area contributed by atoms with Crippen molar-refractivity contribution in [1.82, 2.24) is 19.8 Å². The maximum absolute atomic E-state index is 11.2. The minimum absolute atomic E-state index is 0.159. The van der Waals surface area contributed by atoms with Crippen molar-refractivity contribution in [2.24, 2.45) is 0 Å². The summed E-state index contributed by atoms with van der Waals surface area (Å²) in [6.45, 7) is 0. The number of aromatic nitrogens is 4. The van der Waals surface area contributed by atoms with Crippen molar-refractivity contribution in [3.8, 4) is 11.1 Å². The van der Waals surface area contributed by atoms with Gasteiger partial charge in [-0.1, -0.05) is 11.3 Å². The average Bonchev–Trinajstić information content (AvgIpc) is 2.86. The average molecular weight is 240 g/mol. The van der Waals surface area contributed by atoms with E-state index in [1.54, 1.807) is 35.2 Å². The van der Waals surface area contributed by atoms with Gasteiger partial charge >= 0.3 is 5.97 Å². The number of carbonyl (C=O) groups is 1. The molecule has 0 amide bonds. The molecule has 3 rings (SSSR count). The molecular weight excluding hydrogens is 232 g/mol. The van der Waals surface area contributed by atoms with Crippen LogP contribution in [0.5, 0.6) is 0 Å². The highest BCUT2D eigenvalue weighted by Crippen LogP contribution is 2.26. The standard InChI is InChI=1S/C12H8N4O2/c17-12(18)10-6-13-4-3-8(10)9-2-1-5-16-11(9)7-14-15-16/h1-7H,(H,17,18). The van der Waals surface area contributed by atoms with E-state index in [1.165, 1.54) is 6.20 Å². The van der Waals surface area contributed by atoms with Crippen LogP contribution in [0.4, 0.5) is 0 Å². The van der Waals surface area contributed by atoms with Crippen LogP contribution in [0.2, 0.25) is 0 Å². The molecule has 3 aromatic heterocycles. The summed E-state index contributed by atoms with van der Waals surface area (Å²) in [4.78, 5) is 15.0. The van der Waals surface area contributed by atoms with Gasteiger partial charge in [0.1, 0.15) is 0 Å². The highest BCUT2D eigenvalue weighted by molar-refractivity contribution is 5.98. The summed E-state index contributed by atoms with van der Waals surface area (Å²) < 4.78 is 1.60. The topological polar surface area (TPSA) is 80.4 Å². The first-order valence-electron chi connectivity index (χ1n) is 5.24. The van der Waals surface area contributed by atoms with Gasteiger partial charge in [0, 0.05) is 29.7 Å². The molecule has 0 atom stereocenters. The van der Waals surface area contributed by atoms with Crippen molar-refractivity contribution in [3.63, 3.8) is 0 Å². The molecule has 0 unspecified atom stereocenters. The summed E-state index contributed by atoms with van der Waals surface area (Å²) >= 11 is 0. The first-order valence-corrected chi connectivity index (χ1v) is 5.24. The molecule has 0 saturated carbocycles. The van der Waals surface area contributed by atoms with Crippen LogP contribution in [-0.4, -0.2) is 30.9 Å². The van der Waals surface area contributed by atoms with Crippen LogP contribution in [0, 0.1) is 0 Å². The Morgan fingerprint density at radius 1 is 1.22 bits per heavy atom. The minimum atomic E-state index is -1.01. The zero-order valence-corrected chi connectivity index (χ0v) is 9.19. The summed E-state index contributed by atoms with van der Waals surface area (Å²) in [5.74, 6) is -1.01. The first kappa shape index (κ1) is 10.4. The molecule has 88 valence electrons. The number of hydrogen-bond donors (Lipinski definition) is 1. The van der Waals surface area contributed by atoms with Crippen LogP contribution in [0.25, 0.3) is 16.6 Å². The van der Waals surface area contributed by atoms with E-state index in [9.17, 15) is 9.90 Å². The highest BCUT2D eigenvalue weighted by Gasteiger charge is 2.14. The van der Waals surface area contributed by atoms with Gasteiger partial charge < -0.3 is 5.11 Å². The molecular formula is C12H8N4O2. The Balaban J connectivity index is 2.33. The summed E-state index contributed by atoms with van der Waals surface area (Å²) in [6.07, 6.45) is 6.26. The Labute approximate surface area is 102 Å². The van der Waals surface area contributed by atoms with Crippen LogP contribution in [0.15, 0.2) is 43.0 Å². The van der Waals surface area contributed by atoms with E-state index in [0.29, 0.717) is 5.56 Å². The third-order valence-electron chi connectivity index (χ3n) is 2.68. The van der Waals surface area contributed by atoms with Gasteiger partial charge in [-0.3, -0.25) is 4.98 Å². The second kappa shape index (κ2) is 3.92. The number of fused-ring (bicyclic) bond motifs is 1. The van der Waals surface area contributed by atoms with Gasteiger partial charge in [-0.05, 0) is 12.1 Å². The lowest BCUT2D eigenvalue weighted by Gasteiger charge is -2.06. The van der Waals surface area contributed by atoms with Gasteiger partial charge in [-0.2, -0.15) is 0 Å². The third-order valence-corrected chi connectivity index (χ3v) is 2.68. The largest absolute Gasteiger partial charge is 0.478 e. The molecule has 0 radical (unpaired) electrons. The van der Waals surface area contributed by atoms with E-state index in [0.717, 1.165) is 11.1 Å². The zero-order chi connectivity index (χ0) is 12.5. The van der Waals surface area contributed by atoms with Crippen LogP contribution in [0.3, 0.4) is 0 Å². The van der Waals surface area contributed by atoms with Crippen molar-refractivity contribution >= 4 is 11.5 Å². The molecule has 0 aliphatic rings. The lowest BCUT2D eigenvalue weighted by atomic mass is 10.0. The predicted octanol–water partition coefficient (Wildman–Crippen LogP) is 1.49. The van der Waals surface area contributed by atoms with Crippen LogP contribution in [0.1, 0.15) is 10.4 Å². The van der Waals surface area contributed by atoms with Crippen molar-refractivity contribution in [1.29, 1.82) is 0 Å². The number of hydrogen-bond acceptors (Lipinski definition) is 4. The Morgan fingerprint density at radius 3 is 2.94 bits per heavy atom. The SMILES string of the molecule is O=C(O)c1cnccc1-c1cccn2nncc12. The quantitative estimate of drug-likeness (QED) is 0.734. The monoisotopic (exact) mass is 240 g/mol. The fourth-order valence-corrected chi connectivity index (χ4v) is 1.88. The molecule has 0 aromatic carbocycles. The molecule has 3 heterocycles. The van der Waals surface area contributed by atoms with Crippen molar-refractivity contribution in [2.75, 3.05) is 0 Å². The number of aromatic carboxylic acids is 1. The molecule has 6 nitrogen and oxygen atoms in total. The molecule has 6 heteroatoms. The van der Waals surface area contributed by atoms with E-state index >= 15 is 0 Å². The van der Waals surface area contributed by atoms with Gasteiger partial charge in [0.05, 0.1) is 17.3 Å². The van der Waals surface area contributed by atoms with Gasteiger partial charge in [-0.25, -0.2) is 9.31 Å². The normalized spacial score (nSPS) is 10.7. The third kappa shape index (κ3) is 1.51. The van der Waals surface area contributed by atoms with E-state index in [-0.39, 0.29) is 5.56 Å². The second-order valence-electron chi connectivity index (χ2n) is 3.71. The van der Waals surface area contributed by atoms with E-state index in [1.807, 2.05) is 6.07 Å².